The minimum atomic E-state index is -2.09. The Morgan fingerprint density at radius 1 is 1.10 bits per heavy atom. The van der Waals surface area contributed by atoms with Gasteiger partial charge in [0.05, 0.1) is 6.04 Å². The number of rotatable bonds is 3. The van der Waals surface area contributed by atoms with Crippen molar-refractivity contribution < 1.29 is 17.8 Å². The van der Waals surface area contributed by atoms with Gasteiger partial charge in [0, 0.05) is 49.5 Å². The number of piperazine rings is 1. The number of nitrogens with zero attached hydrogens (tertiary/aromatic N) is 4. The van der Waals surface area contributed by atoms with Gasteiger partial charge in [-0.2, -0.15) is 0 Å². The second-order valence-corrected chi connectivity index (χ2v) is 10.6. The second-order valence-electron chi connectivity index (χ2n) is 7.86. The van der Waals surface area contributed by atoms with Crippen LogP contribution in [-0.4, -0.2) is 62.0 Å². The number of halogens is 2. The first-order chi connectivity index (χ1) is 14.3. The van der Waals surface area contributed by atoms with E-state index >= 15 is 0 Å². The van der Waals surface area contributed by atoms with Gasteiger partial charge in [-0.1, -0.05) is 6.07 Å². The van der Waals surface area contributed by atoms with Gasteiger partial charge in [-0.3, -0.25) is 9.00 Å². The fourth-order valence-corrected chi connectivity index (χ4v) is 5.76. The summed E-state index contributed by atoms with van der Waals surface area (Å²) >= 11 is 0. The van der Waals surface area contributed by atoms with E-state index in [4.69, 9.17) is 0 Å². The first kappa shape index (κ1) is 20.7. The molecule has 2 aliphatic heterocycles. The molecular formula is C21H24F2N4O2S. The third kappa shape index (κ3) is 4.30. The van der Waals surface area contributed by atoms with Gasteiger partial charge in [-0.15, -0.1) is 0 Å². The molecule has 0 bridgehead atoms. The molecule has 0 spiro atoms. The molecule has 1 aromatic carbocycles. The molecule has 9 heteroatoms. The van der Waals surface area contributed by atoms with E-state index in [9.17, 15) is 17.8 Å². The summed E-state index contributed by atoms with van der Waals surface area (Å²) in [7, 11) is -2.09. The zero-order valence-electron chi connectivity index (χ0n) is 16.5. The Hall–Kier alpha value is -2.55. The molecular weight excluding hydrogens is 410 g/mol. The molecule has 2 aliphatic rings. The summed E-state index contributed by atoms with van der Waals surface area (Å²) in [6.45, 7) is 1.32. The maximum Gasteiger partial charge on any atom is 0.226 e. The maximum atomic E-state index is 14.0. The van der Waals surface area contributed by atoms with Crippen LogP contribution < -0.4 is 4.90 Å². The molecule has 1 atom stereocenters. The molecule has 1 amide bonds. The van der Waals surface area contributed by atoms with E-state index < -0.39 is 27.2 Å². The number of amides is 1. The van der Waals surface area contributed by atoms with Gasteiger partial charge in [0.25, 0.3) is 0 Å². The average Bonchev–Trinajstić information content (AvgIpc) is 2.75. The Morgan fingerprint density at radius 3 is 2.47 bits per heavy atom. The molecule has 2 saturated heterocycles. The molecule has 30 heavy (non-hydrogen) atoms. The van der Waals surface area contributed by atoms with Gasteiger partial charge >= 0.3 is 0 Å². The lowest BCUT2D eigenvalue weighted by atomic mass is 9.96. The largest absolute Gasteiger partial charge is 0.337 e. The number of hydrogen-bond acceptors (Lipinski definition) is 5. The lowest BCUT2D eigenvalue weighted by Crippen LogP contribution is -2.53. The van der Waals surface area contributed by atoms with Crippen molar-refractivity contribution in [1.82, 2.24) is 14.9 Å². The Bertz CT molecular complexity index is 1020. The second kappa shape index (κ2) is 8.29. The van der Waals surface area contributed by atoms with E-state index in [0.717, 1.165) is 12.1 Å². The van der Waals surface area contributed by atoms with Crippen LogP contribution in [0.5, 0.6) is 0 Å². The van der Waals surface area contributed by atoms with Crippen molar-refractivity contribution in [2.75, 3.05) is 36.0 Å². The van der Waals surface area contributed by atoms with Gasteiger partial charge in [0.15, 0.2) is 11.6 Å². The van der Waals surface area contributed by atoms with E-state index in [1.165, 1.54) is 6.07 Å². The summed E-state index contributed by atoms with van der Waals surface area (Å²) in [5.41, 5.74) is 0.527. The SMILES string of the molecule is C=S1(=O)CCC(C(=O)N2CCN(c3ncccn3)CC2c2ccc(F)c(F)c2)CC1. The molecule has 0 aliphatic carbocycles. The number of anilines is 1. The molecule has 1 unspecified atom stereocenters. The fourth-order valence-electron chi connectivity index (χ4n) is 4.13. The predicted octanol–water partition coefficient (Wildman–Crippen LogP) is 2.27. The maximum absolute atomic E-state index is 14.0. The van der Waals surface area contributed by atoms with Crippen molar-refractivity contribution in [1.29, 1.82) is 0 Å². The molecule has 1 aromatic heterocycles. The molecule has 2 aromatic rings. The molecule has 4 rings (SSSR count). The lowest BCUT2D eigenvalue weighted by molar-refractivity contribution is -0.138. The summed E-state index contributed by atoms with van der Waals surface area (Å²) in [6, 6.07) is 5.02. The van der Waals surface area contributed by atoms with Gasteiger partial charge in [-0.25, -0.2) is 18.7 Å². The summed E-state index contributed by atoms with van der Waals surface area (Å²) in [5, 5.41) is 0. The van der Waals surface area contributed by atoms with E-state index in [1.54, 1.807) is 23.4 Å². The van der Waals surface area contributed by atoms with E-state index in [0.29, 0.717) is 55.5 Å². The molecule has 2 fully saturated rings. The van der Waals surface area contributed by atoms with E-state index in [-0.39, 0.29) is 11.8 Å². The third-order valence-electron chi connectivity index (χ3n) is 5.85. The van der Waals surface area contributed by atoms with Crippen molar-refractivity contribution in [3.8, 4) is 0 Å². The predicted molar refractivity (Wildman–Crippen MR) is 113 cm³/mol. The van der Waals surface area contributed by atoms with Crippen LogP contribution in [0.15, 0.2) is 36.7 Å². The molecule has 3 heterocycles. The van der Waals surface area contributed by atoms with Crippen molar-refractivity contribution in [3.05, 3.63) is 53.9 Å². The van der Waals surface area contributed by atoms with Crippen LogP contribution in [0.1, 0.15) is 24.4 Å². The Morgan fingerprint density at radius 2 is 1.80 bits per heavy atom. The molecule has 6 nitrogen and oxygen atoms in total. The lowest BCUT2D eigenvalue weighted by Gasteiger charge is -2.43. The van der Waals surface area contributed by atoms with Crippen LogP contribution >= 0.6 is 0 Å². The average molecular weight is 435 g/mol. The van der Waals surface area contributed by atoms with Gasteiger partial charge in [-0.05, 0) is 52.0 Å². The molecule has 0 saturated carbocycles. The first-order valence-corrected chi connectivity index (χ1v) is 12.0. The standard InChI is InChI=1S/C21H24F2N4O2S/c1-30(29)11-5-15(6-12-30)20(28)27-10-9-26(21-24-7-2-8-25-21)14-19(27)16-3-4-17(22)18(23)13-16/h2-4,7-8,13,15,19H,1,5-6,9-12,14H2. The van der Waals surface area contributed by atoms with Gasteiger partial charge in [0.1, 0.15) is 0 Å². The Balaban J connectivity index is 1.61. The van der Waals surface area contributed by atoms with E-state index in [2.05, 4.69) is 15.8 Å². The van der Waals surface area contributed by atoms with Gasteiger partial charge < -0.3 is 9.80 Å². The highest BCUT2D eigenvalue weighted by Crippen LogP contribution is 2.31. The number of carbonyl (C=O) groups is 1. The van der Waals surface area contributed by atoms with Crippen molar-refractivity contribution in [3.63, 3.8) is 0 Å². The smallest absolute Gasteiger partial charge is 0.226 e. The monoisotopic (exact) mass is 434 g/mol. The minimum absolute atomic E-state index is 0.0340. The zero-order chi connectivity index (χ0) is 21.3. The van der Waals surface area contributed by atoms with Crippen LogP contribution in [0, 0.1) is 17.6 Å². The zero-order valence-corrected chi connectivity index (χ0v) is 17.4. The van der Waals surface area contributed by atoms with Crippen LogP contribution in [0.25, 0.3) is 0 Å². The highest BCUT2D eigenvalue weighted by Gasteiger charge is 2.37. The van der Waals surface area contributed by atoms with Crippen LogP contribution in [0.3, 0.4) is 0 Å². The van der Waals surface area contributed by atoms with Crippen LogP contribution in [0.4, 0.5) is 14.7 Å². The van der Waals surface area contributed by atoms with Crippen LogP contribution in [0.2, 0.25) is 0 Å². The molecule has 0 N–H and O–H groups in total. The minimum Gasteiger partial charge on any atom is -0.337 e. The quantitative estimate of drug-likeness (QED) is 0.694. The van der Waals surface area contributed by atoms with Crippen molar-refractivity contribution in [2.24, 2.45) is 5.92 Å². The summed E-state index contributed by atoms with van der Waals surface area (Å²) < 4.78 is 39.6. The number of aromatic nitrogens is 2. The normalized spacial score (nSPS) is 27.1. The summed E-state index contributed by atoms with van der Waals surface area (Å²) in [6.07, 6.45) is 4.36. The molecule has 0 radical (unpaired) electrons. The highest BCUT2D eigenvalue weighted by atomic mass is 32.2. The number of hydrogen-bond donors (Lipinski definition) is 0. The summed E-state index contributed by atoms with van der Waals surface area (Å²) in [4.78, 5) is 25.6. The Labute approximate surface area is 174 Å². The fraction of sp³-hybridized carbons (Fsp3) is 0.429. The number of benzene rings is 1. The summed E-state index contributed by atoms with van der Waals surface area (Å²) in [5.74, 6) is 3.05. The first-order valence-electron chi connectivity index (χ1n) is 9.94. The molecule has 160 valence electrons. The van der Waals surface area contributed by atoms with Gasteiger partial charge in [0.2, 0.25) is 11.9 Å². The van der Waals surface area contributed by atoms with Crippen molar-refractivity contribution in [2.45, 2.75) is 18.9 Å². The number of carbonyl (C=O) groups excluding carboxylic acids is 1. The third-order valence-corrected chi connectivity index (χ3v) is 7.81. The highest BCUT2D eigenvalue weighted by molar-refractivity contribution is 8.00. The topological polar surface area (TPSA) is 66.4 Å². The van der Waals surface area contributed by atoms with E-state index in [1.807, 2.05) is 4.90 Å². The Kier molecular flexibility index (Phi) is 5.73. The van der Waals surface area contributed by atoms with Crippen molar-refractivity contribution >= 4 is 27.2 Å². The van der Waals surface area contributed by atoms with Crippen LogP contribution in [-0.2, 0) is 14.3 Å².